The van der Waals surface area contributed by atoms with Gasteiger partial charge in [-0.25, -0.2) is 0 Å². The number of ether oxygens (including phenoxy) is 1. The fraction of sp³-hybridized carbons (Fsp3) is 0.538. The van der Waals surface area contributed by atoms with Crippen LogP contribution in [-0.2, 0) is 4.74 Å². The van der Waals surface area contributed by atoms with Gasteiger partial charge in [0.25, 0.3) is 5.76 Å². The van der Waals surface area contributed by atoms with Crippen LogP contribution >= 0.6 is 11.8 Å². The molecule has 1 aromatic rings. The Labute approximate surface area is 110 Å². The molecular weight excluding hydrogens is 256 g/mol. The molecule has 1 aromatic carbocycles. The molecule has 1 saturated heterocycles. The van der Waals surface area contributed by atoms with E-state index >= 15 is 0 Å². The van der Waals surface area contributed by atoms with Crippen LogP contribution in [0.5, 0.6) is 0 Å². The van der Waals surface area contributed by atoms with Crippen molar-refractivity contribution in [2.24, 2.45) is 0 Å². The zero-order valence-electron chi connectivity index (χ0n) is 10.1. The first-order valence-electron chi connectivity index (χ1n) is 6.15. The Morgan fingerprint density at radius 2 is 2.17 bits per heavy atom. The number of anilines is 1. The Morgan fingerprint density at radius 3 is 2.89 bits per heavy atom. The third-order valence-corrected chi connectivity index (χ3v) is 3.69. The second-order valence-electron chi connectivity index (χ2n) is 4.24. The molecule has 0 saturated carbocycles. The minimum Gasteiger partial charge on any atom is -0.382 e. The molecule has 0 bridgehead atoms. The average Bonchev–Trinajstić information content (AvgIpc) is 2.38. The number of hydrogen-bond acceptors (Lipinski definition) is 3. The molecule has 18 heavy (non-hydrogen) atoms. The van der Waals surface area contributed by atoms with Crippen LogP contribution in [0, 0.1) is 0 Å². The van der Waals surface area contributed by atoms with E-state index in [1.807, 2.05) is 12.1 Å². The zero-order valence-corrected chi connectivity index (χ0v) is 10.9. The van der Waals surface area contributed by atoms with Crippen molar-refractivity contribution in [2.45, 2.75) is 36.0 Å². The normalized spacial score (nSPS) is 20.1. The Kier molecular flexibility index (Phi) is 5.26. The maximum absolute atomic E-state index is 12.4. The SMILES string of the molecule is FC(F)Sc1ccccc1NCC1CCCCO1. The summed E-state index contributed by atoms with van der Waals surface area (Å²) in [6.45, 7) is 1.49. The quantitative estimate of drug-likeness (QED) is 0.820. The lowest BCUT2D eigenvalue weighted by molar-refractivity contribution is 0.0247. The molecule has 0 aromatic heterocycles. The fourth-order valence-electron chi connectivity index (χ4n) is 2.00. The summed E-state index contributed by atoms with van der Waals surface area (Å²) in [5.74, 6) is -2.39. The lowest BCUT2D eigenvalue weighted by atomic mass is 10.1. The molecule has 5 heteroatoms. The van der Waals surface area contributed by atoms with E-state index in [4.69, 9.17) is 4.74 Å². The van der Waals surface area contributed by atoms with Crippen molar-refractivity contribution < 1.29 is 13.5 Å². The summed E-state index contributed by atoms with van der Waals surface area (Å²) in [7, 11) is 0. The predicted molar refractivity (Wildman–Crippen MR) is 70.4 cm³/mol. The van der Waals surface area contributed by atoms with Gasteiger partial charge in [0, 0.05) is 23.7 Å². The minimum absolute atomic E-state index is 0.198. The highest BCUT2D eigenvalue weighted by Crippen LogP contribution is 2.31. The topological polar surface area (TPSA) is 21.3 Å². The van der Waals surface area contributed by atoms with E-state index in [2.05, 4.69) is 5.32 Å². The third kappa shape index (κ3) is 4.14. The van der Waals surface area contributed by atoms with Gasteiger partial charge >= 0.3 is 0 Å². The van der Waals surface area contributed by atoms with Gasteiger partial charge in [0.05, 0.1) is 6.10 Å². The van der Waals surface area contributed by atoms with Crippen LogP contribution in [0.25, 0.3) is 0 Å². The maximum Gasteiger partial charge on any atom is 0.288 e. The van der Waals surface area contributed by atoms with Crippen molar-refractivity contribution in [2.75, 3.05) is 18.5 Å². The molecule has 0 amide bonds. The fourth-order valence-corrected chi connectivity index (χ4v) is 2.62. The molecule has 2 rings (SSSR count). The van der Waals surface area contributed by atoms with Crippen LogP contribution in [0.4, 0.5) is 14.5 Å². The first-order valence-corrected chi connectivity index (χ1v) is 7.03. The van der Waals surface area contributed by atoms with Gasteiger partial charge in [-0.15, -0.1) is 0 Å². The van der Waals surface area contributed by atoms with Crippen LogP contribution < -0.4 is 5.32 Å². The summed E-state index contributed by atoms with van der Waals surface area (Å²) in [5.41, 5.74) is 0.761. The third-order valence-electron chi connectivity index (χ3n) is 2.90. The predicted octanol–water partition coefficient (Wildman–Crippen LogP) is 3.98. The number of thioether (sulfide) groups is 1. The summed E-state index contributed by atoms with van der Waals surface area (Å²) in [6, 6.07) is 7.15. The summed E-state index contributed by atoms with van der Waals surface area (Å²) in [5, 5.41) is 3.21. The van der Waals surface area contributed by atoms with Gasteiger partial charge in [-0.2, -0.15) is 8.78 Å². The number of hydrogen-bond donors (Lipinski definition) is 1. The van der Waals surface area contributed by atoms with Crippen molar-refractivity contribution >= 4 is 17.4 Å². The van der Waals surface area contributed by atoms with Crippen LogP contribution in [0.2, 0.25) is 0 Å². The van der Waals surface area contributed by atoms with Crippen molar-refractivity contribution in [3.8, 4) is 0 Å². The van der Waals surface area contributed by atoms with Gasteiger partial charge in [0.15, 0.2) is 0 Å². The van der Waals surface area contributed by atoms with E-state index in [0.29, 0.717) is 23.2 Å². The van der Waals surface area contributed by atoms with Gasteiger partial charge in [-0.1, -0.05) is 23.9 Å². The molecule has 0 spiro atoms. The largest absolute Gasteiger partial charge is 0.382 e. The second-order valence-corrected chi connectivity index (χ2v) is 5.28. The number of rotatable bonds is 5. The Morgan fingerprint density at radius 1 is 1.33 bits per heavy atom. The highest BCUT2D eigenvalue weighted by molar-refractivity contribution is 7.99. The molecule has 2 nitrogen and oxygen atoms in total. The van der Waals surface area contributed by atoms with Crippen molar-refractivity contribution in [3.63, 3.8) is 0 Å². The molecule has 1 atom stereocenters. The molecule has 1 N–H and O–H groups in total. The van der Waals surface area contributed by atoms with E-state index in [9.17, 15) is 8.78 Å². The minimum atomic E-state index is -2.39. The molecule has 1 aliphatic heterocycles. The second kappa shape index (κ2) is 6.95. The molecule has 1 fully saturated rings. The van der Waals surface area contributed by atoms with Crippen LogP contribution in [0.1, 0.15) is 19.3 Å². The lowest BCUT2D eigenvalue weighted by Gasteiger charge is -2.23. The van der Waals surface area contributed by atoms with Gasteiger partial charge in [0.1, 0.15) is 0 Å². The summed E-state index contributed by atoms with van der Waals surface area (Å²) < 4.78 is 30.4. The summed E-state index contributed by atoms with van der Waals surface area (Å²) in [6.07, 6.45) is 3.54. The van der Waals surface area contributed by atoms with Crippen LogP contribution in [0.15, 0.2) is 29.2 Å². The van der Waals surface area contributed by atoms with Crippen LogP contribution in [0.3, 0.4) is 0 Å². The van der Waals surface area contributed by atoms with Crippen LogP contribution in [-0.4, -0.2) is 25.0 Å². The number of para-hydroxylation sites is 1. The Bertz CT molecular complexity index is 370. The summed E-state index contributed by atoms with van der Waals surface area (Å²) >= 11 is 0.575. The van der Waals surface area contributed by atoms with Gasteiger partial charge in [0.2, 0.25) is 0 Å². The molecule has 100 valence electrons. The first kappa shape index (κ1) is 13.6. The van der Waals surface area contributed by atoms with E-state index in [-0.39, 0.29) is 6.10 Å². The molecular formula is C13H17F2NOS. The molecule has 1 aliphatic rings. The highest BCUT2D eigenvalue weighted by atomic mass is 32.2. The number of alkyl halides is 2. The number of benzene rings is 1. The molecule has 1 heterocycles. The Balaban J connectivity index is 1.91. The lowest BCUT2D eigenvalue weighted by Crippen LogP contribution is -2.27. The van der Waals surface area contributed by atoms with Crippen molar-refractivity contribution in [1.29, 1.82) is 0 Å². The van der Waals surface area contributed by atoms with E-state index in [0.717, 1.165) is 25.1 Å². The molecule has 1 unspecified atom stereocenters. The monoisotopic (exact) mass is 273 g/mol. The average molecular weight is 273 g/mol. The van der Waals surface area contributed by atoms with E-state index in [1.54, 1.807) is 12.1 Å². The standard InChI is InChI=1S/C13H17F2NOS/c14-13(15)18-12-7-2-1-6-11(12)16-9-10-5-3-4-8-17-10/h1-2,6-7,10,13,16H,3-5,8-9H2. The van der Waals surface area contributed by atoms with Gasteiger partial charge in [-0.3, -0.25) is 0 Å². The highest BCUT2D eigenvalue weighted by Gasteiger charge is 2.15. The smallest absolute Gasteiger partial charge is 0.288 e. The van der Waals surface area contributed by atoms with E-state index in [1.165, 1.54) is 6.42 Å². The summed E-state index contributed by atoms with van der Waals surface area (Å²) in [4.78, 5) is 0.586. The zero-order chi connectivity index (χ0) is 12.8. The maximum atomic E-state index is 12.4. The number of nitrogens with one attached hydrogen (secondary N) is 1. The van der Waals surface area contributed by atoms with E-state index < -0.39 is 5.76 Å². The van der Waals surface area contributed by atoms with Gasteiger partial charge in [-0.05, 0) is 31.4 Å². The number of halogens is 2. The molecule has 0 aliphatic carbocycles. The molecule has 0 radical (unpaired) electrons. The van der Waals surface area contributed by atoms with Gasteiger partial charge < -0.3 is 10.1 Å². The van der Waals surface area contributed by atoms with Crippen molar-refractivity contribution in [3.05, 3.63) is 24.3 Å². The van der Waals surface area contributed by atoms with Crippen molar-refractivity contribution in [1.82, 2.24) is 0 Å². The Hall–Kier alpha value is -0.810. The first-order chi connectivity index (χ1) is 8.75.